The number of pyridine rings is 1. The van der Waals surface area contributed by atoms with Crippen LogP contribution in [-0.2, 0) is 9.59 Å². The Morgan fingerprint density at radius 1 is 0.886 bits per heavy atom. The first-order chi connectivity index (χ1) is 16.8. The smallest absolute Gasteiger partial charge is 0.242 e. The number of carbonyl (C=O) groups is 2. The fourth-order valence-electron chi connectivity index (χ4n) is 3.86. The molecule has 1 unspecified atom stereocenters. The summed E-state index contributed by atoms with van der Waals surface area (Å²) < 4.78 is 5.41. The highest BCUT2D eigenvalue weighted by Crippen LogP contribution is 2.28. The summed E-state index contributed by atoms with van der Waals surface area (Å²) in [6, 6.07) is 20.1. The molecule has 2 heterocycles. The minimum atomic E-state index is -1.29. The van der Waals surface area contributed by atoms with Gasteiger partial charge in [0.05, 0.1) is 12.0 Å². The van der Waals surface area contributed by atoms with Crippen LogP contribution in [0.1, 0.15) is 18.1 Å². The highest BCUT2D eigenvalue weighted by molar-refractivity contribution is 6.24. The largest absolute Gasteiger partial charge is 0.464 e. The fraction of sp³-hybridized carbons (Fsp3) is 0.143. The SMILES string of the molecule is CC(=N)C(C(=O)Nc1cccc(-c2ccco2)c1)C(=O)Nc1ccc(C)c(-c2ncccc2C)c1. The van der Waals surface area contributed by atoms with E-state index in [4.69, 9.17) is 9.83 Å². The molecule has 3 N–H and O–H groups in total. The van der Waals surface area contributed by atoms with E-state index in [0.29, 0.717) is 17.1 Å². The van der Waals surface area contributed by atoms with Crippen molar-refractivity contribution in [2.24, 2.45) is 5.92 Å². The number of nitrogens with one attached hydrogen (secondary N) is 3. The number of hydrogen-bond acceptors (Lipinski definition) is 5. The van der Waals surface area contributed by atoms with Gasteiger partial charge in [0.25, 0.3) is 0 Å². The summed E-state index contributed by atoms with van der Waals surface area (Å²) >= 11 is 0. The van der Waals surface area contributed by atoms with E-state index in [2.05, 4.69) is 15.6 Å². The van der Waals surface area contributed by atoms with Crippen LogP contribution in [0.2, 0.25) is 0 Å². The minimum absolute atomic E-state index is 0.0601. The quantitative estimate of drug-likeness (QED) is 0.234. The van der Waals surface area contributed by atoms with Crippen molar-refractivity contribution in [1.29, 1.82) is 5.41 Å². The van der Waals surface area contributed by atoms with Crippen molar-refractivity contribution in [3.8, 4) is 22.6 Å². The Kier molecular flexibility index (Phi) is 6.87. The maximum atomic E-state index is 13.1. The molecule has 0 fully saturated rings. The molecule has 4 aromatic rings. The van der Waals surface area contributed by atoms with Crippen LogP contribution in [0, 0.1) is 25.2 Å². The van der Waals surface area contributed by atoms with Gasteiger partial charge in [-0.3, -0.25) is 14.6 Å². The highest BCUT2D eigenvalue weighted by atomic mass is 16.3. The molecule has 0 aliphatic heterocycles. The van der Waals surface area contributed by atoms with Gasteiger partial charge in [-0.15, -0.1) is 0 Å². The number of furan rings is 1. The molecule has 0 aliphatic rings. The number of aromatic nitrogens is 1. The fourth-order valence-corrected chi connectivity index (χ4v) is 3.86. The van der Waals surface area contributed by atoms with Crippen molar-refractivity contribution in [2.75, 3.05) is 10.6 Å². The van der Waals surface area contributed by atoms with E-state index in [0.717, 1.165) is 27.9 Å². The first-order valence-corrected chi connectivity index (χ1v) is 11.2. The predicted octanol–water partition coefficient (Wildman–Crippen LogP) is 5.86. The first kappa shape index (κ1) is 23.6. The number of benzene rings is 2. The molecule has 0 radical (unpaired) electrons. The zero-order valence-corrected chi connectivity index (χ0v) is 19.8. The van der Waals surface area contributed by atoms with Gasteiger partial charge >= 0.3 is 0 Å². The number of rotatable bonds is 7. The summed E-state index contributed by atoms with van der Waals surface area (Å²) in [5, 5.41) is 13.6. The summed E-state index contributed by atoms with van der Waals surface area (Å²) in [6.07, 6.45) is 3.30. The predicted molar refractivity (Wildman–Crippen MR) is 137 cm³/mol. The number of aryl methyl sites for hydroxylation is 2. The second-order valence-corrected chi connectivity index (χ2v) is 8.35. The number of carbonyl (C=O) groups excluding carboxylic acids is 2. The van der Waals surface area contributed by atoms with Crippen LogP contribution in [0.3, 0.4) is 0 Å². The second-order valence-electron chi connectivity index (χ2n) is 8.35. The number of anilines is 2. The molecule has 7 heteroatoms. The lowest BCUT2D eigenvalue weighted by atomic mass is 9.99. The molecule has 0 saturated carbocycles. The van der Waals surface area contributed by atoms with Crippen LogP contribution in [0.25, 0.3) is 22.6 Å². The minimum Gasteiger partial charge on any atom is -0.464 e. The second kappa shape index (κ2) is 10.2. The van der Waals surface area contributed by atoms with Crippen LogP contribution >= 0.6 is 0 Å². The van der Waals surface area contributed by atoms with E-state index in [1.807, 2.05) is 50.2 Å². The van der Waals surface area contributed by atoms with Gasteiger partial charge in [-0.05, 0) is 74.4 Å². The van der Waals surface area contributed by atoms with Crippen molar-refractivity contribution in [3.05, 3.63) is 90.3 Å². The van der Waals surface area contributed by atoms with Crippen molar-refractivity contribution < 1.29 is 14.0 Å². The maximum absolute atomic E-state index is 13.1. The molecule has 2 aromatic heterocycles. The van der Waals surface area contributed by atoms with Crippen LogP contribution in [0.15, 0.2) is 83.6 Å². The molecule has 176 valence electrons. The Balaban J connectivity index is 1.53. The Hall–Kier alpha value is -4.52. The van der Waals surface area contributed by atoms with E-state index < -0.39 is 17.7 Å². The lowest BCUT2D eigenvalue weighted by molar-refractivity contribution is -0.126. The van der Waals surface area contributed by atoms with Crippen molar-refractivity contribution in [1.82, 2.24) is 4.98 Å². The molecule has 7 nitrogen and oxygen atoms in total. The van der Waals surface area contributed by atoms with Gasteiger partial charge in [-0.1, -0.05) is 24.3 Å². The molecule has 2 aromatic carbocycles. The summed E-state index contributed by atoms with van der Waals surface area (Å²) in [5.41, 5.74) is 5.51. The summed E-state index contributed by atoms with van der Waals surface area (Å²) in [7, 11) is 0. The molecule has 2 amide bonds. The number of nitrogens with zero attached hydrogens (tertiary/aromatic N) is 1. The molecule has 0 spiro atoms. The summed E-state index contributed by atoms with van der Waals surface area (Å²) in [6.45, 7) is 5.40. The highest BCUT2D eigenvalue weighted by Gasteiger charge is 2.29. The first-order valence-electron chi connectivity index (χ1n) is 11.2. The maximum Gasteiger partial charge on any atom is 0.242 e. The Labute approximate surface area is 203 Å². The van der Waals surface area contributed by atoms with Crippen molar-refractivity contribution >= 4 is 28.9 Å². The van der Waals surface area contributed by atoms with E-state index in [1.165, 1.54) is 6.92 Å². The molecule has 4 rings (SSSR count). The number of hydrogen-bond donors (Lipinski definition) is 3. The summed E-state index contributed by atoms with van der Waals surface area (Å²) in [4.78, 5) is 30.6. The van der Waals surface area contributed by atoms with Crippen molar-refractivity contribution in [2.45, 2.75) is 20.8 Å². The summed E-state index contributed by atoms with van der Waals surface area (Å²) in [5.74, 6) is -1.79. The lowest BCUT2D eigenvalue weighted by Gasteiger charge is -2.17. The third kappa shape index (κ3) is 5.35. The van der Waals surface area contributed by atoms with Gasteiger partial charge in [-0.25, -0.2) is 0 Å². The van der Waals surface area contributed by atoms with Gasteiger partial charge in [-0.2, -0.15) is 0 Å². The Bertz CT molecular complexity index is 1390. The van der Waals surface area contributed by atoms with Crippen LogP contribution in [0.5, 0.6) is 0 Å². The molecule has 0 aliphatic carbocycles. The van der Waals surface area contributed by atoms with Gasteiger partial charge < -0.3 is 20.5 Å². The van der Waals surface area contributed by atoms with Gasteiger partial charge in [0.15, 0.2) is 5.92 Å². The third-order valence-electron chi connectivity index (χ3n) is 5.66. The third-order valence-corrected chi connectivity index (χ3v) is 5.66. The molecule has 1 atom stereocenters. The van der Waals surface area contributed by atoms with Gasteiger partial charge in [0.2, 0.25) is 11.8 Å². The molecule has 35 heavy (non-hydrogen) atoms. The Morgan fingerprint density at radius 3 is 2.29 bits per heavy atom. The zero-order chi connectivity index (χ0) is 24.9. The van der Waals surface area contributed by atoms with Gasteiger partial charge in [0.1, 0.15) is 5.76 Å². The van der Waals surface area contributed by atoms with Crippen LogP contribution in [-0.4, -0.2) is 22.5 Å². The zero-order valence-electron chi connectivity index (χ0n) is 19.8. The van der Waals surface area contributed by atoms with Crippen LogP contribution in [0.4, 0.5) is 11.4 Å². The van der Waals surface area contributed by atoms with E-state index in [9.17, 15) is 9.59 Å². The Morgan fingerprint density at radius 2 is 1.63 bits per heavy atom. The van der Waals surface area contributed by atoms with Gasteiger partial charge in [0, 0.05) is 34.4 Å². The number of amides is 2. The lowest BCUT2D eigenvalue weighted by Crippen LogP contribution is -2.38. The standard InChI is InChI=1S/C28H26N4O3/c1-17-11-12-22(16-23(17)26-18(2)7-5-13-30-26)32-28(34)25(19(3)29)27(33)31-21-9-4-8-20(15-21)24-10-6-14-35-24/h4-16,25,29H,1-3H3,(H,31,33)(H,32,34). The van der Waals surface area contributed by atoms with Crippen LogP contribution < -0.4 is 10.6 Å². The van der Waals surface area contributed by atoms with Crippen molar-refractivity contribution in [3.63, 3.8) is 0 Å². The van der Waals surface area contributed by atoms with E-state index in [1.54, 1.807) is 42.8 Å². The molecular formula is C28H26N4O3. The molecular weight excluding hydrogens is 440 g/mol. The average Bonchev–Trinajstić information content (AvgIpc) is 3.36. The topological polar surface area (TPSA) is 108 Å². The molecule has 0 saturated heterocycles. The van der Waals surface area contributed by atoms with E-state index in [-0.39, 0.29) is 5.71 Å². The van der Waals surface area contributed by atoms with E-state index >= 15 is 0 Å². The normalized spacial score (nSPS) is 11.5. The molecule has 0 bridgehead atoms. The average molecular weight is 467 g/mol. The monoisotopic (exact) mass is 466 g/mol.